The van der Waals surface area contributed by atoms with Gasteiger partial charge >= 0.3 is 11.8 Å². The van der Waals surface area contributed by atoms with Gasteiger partial charge in [-0.05, 0) is 49.8 Å². The van der Waals surface area contributed by atoms with Gasteiger partial charge in [0.05, 0.1) is 6.26 Å². The average molecular weight is 402 g/mol. The van der Waals surface area contributed by atoms with E-state index in [0.29, 0.717) is 25.4 Å². The third-order valence-corrected chi connectivity index (χ3v) is 5.81. The molecule has 1 aliphatic heterocycles. The third kappa shape index (κ3) is 6.76. The number of likely N-dealkylation sites (tertiary alicyclic amines) is 1. The second-order valence-corrected chi connectivity index (χ2v) is 7.99. The second-order valence-electron chi connectivity index (χ2n) is 7.99. The Kier molecular flexibility index (Phi) is 7.90. The number of hydrogen-bond acceptors (Lipinski definition) is 4. The fourth-order valence-corrected chi connectivity index (χ4v) is 3.99. The van der Waals surface area contributed by atoms with E-state index in [4.69, 9.17) is 4.42 Å². The number of nitrogens with zero attached hydrogens (tertiary/aromatic N) is 1. The van der Waals surface area contributed by atoms with Crippen LogP contribution in [0.4, 0.5) is 0 Å². The molecule has 1 aromatic heterocycles. The van der Waals surface area contributed by atoms with Gasteiger partial charge in [-0.3, -0.25) is 14.4 Å². The summed E-state index contributed by atoms with van der Waals surface area (Å²) in [5, 5.41) is 5.64. The first-order valence-corrected chi connectivity index (χ1v) is 10.7. The van der Waals surface area contributed by atoms with Crippen LogP contribution >= 0.6 is 0 Å². The maximum absolute atomic E-state index is 12.2. The first-order chi connectivity index (χ1) is 14.1. The molecule has 2 aliphatic rings. The van der Waals surface area contributed by atoms with E-state index < -0.39 is 11.8 Å². The third-order valence-electron chi connectivity index (χ3n) is 5.81. The lowest BCUT2D eigenvalue weighted by atomic mass is 9.96. The molecule has 0 atom stereocenters. The van der Waals surface area contributed by atoms with Crippen molar-refractivity contribution in [2.45, 2.75) is 57.4 Å². The molecule has 29 heavy (non-hydrogen) atoms. The summed E-state index contributed by atoms with van der Waals surface area (Å²) in [6.45, 7) is 1.77. The molecule has 158 valence electrons. The highest BCUT2D eigenvalue weighted by Crippen LogP contribution is 2.18. The maximum Gasteiger partial charge on any atom is 0.309 e. The van der Waals surface area contributed by atoms with Crippen molar-refractivity contribution in [1.29, 1.82) is 0 Å². The number of amides is 3. The quantitative estimate of drug-likeness (QED) is 0.450. The number of furan rings is 1. The fraction of sp³-hybridized carbons (Fsp3) is 0.591. The molecule has 0 unspecified atom stereocenters. The highest BCUT2D eigenvalue weighted by molar-refractivity contribution is 6.35. The molecule has 2 fully saturated rings. The first kappa shape index (κ1) is 21.1. The summed E-state index contributed by atoms with van der Waals surface area (Å²) in [7, 11) is 0. The minimum absolute atomic E-state index is 0.0355. The first-order valence-electron chi connectivity index (χ1n) is 10.7. The van der Waals surface area contributed by atoms with Gasteiger partial charge in [-0.15, -0.1) is 0 Å². The van der Waals surface area contributed by atoms with Crippen molar-refractivity contribution in [3.05, 3.63) is 30.2 Å². The Morgan fingerprint density at radius 2 is 1.76 bits per heavy atom. The zero-order valence-electron chi connectivity index (χ0n) is 16.9. The van der Waals surface area contributed by atoms with E-state index >= 15 is 0 Å². The molecule has 3 rings (SSSR count). The SMILES string of the molecule is O=C(NCC1CCN(C(=O)/C=C/c2ccco2)CC1)C(=O)NC1CCCCCC1. The van der Waals surface area contributed by atoms with E-state index in [1.807, 2.05) is 0 Å². The molecule has 0 spiro atoms. The van der Waals surface area contributed by atoms with E-state index in [2.05, 4.69) is 10.6 Å². The van der Waals surface area contributed by atoms with Crippen molar-refractivity contribution < 1.29 is 18.8 Å². The molecule has 1 aliphatic carbocycles. The van der Waals surface area contributed by atoms with Crippen LogP contribution in [0.2, 0.25) is 0 Å². The minimum Gasteiger partial charge on any atom is -0.465 e. The molecule has 0 bridgehead atoms. The van der Waals surface area contributed by atoms with Gasteiger partial charge in [0.25, 0.3) is 0 Å². The number of rotatable bonds is 5. The Morgan fingerprint density at radius 1 is 1.03 bits per heavy atom. The van der Waals surface area contributed by atoms with Gasteiger partial charge in [-0.25, -0.2) is 0 Å². The zero-order chi connectivity index (χ0) is 20.5. The Labute approximate surface area is 171 Å². The lowest BCUT2D eigenvalue weighted by molar-refractivity contribution is -0.139. The Morgan fingerprint density at radius 3 is 2.41 bits per heavy atom. The van der Waals surface area contributed by atoms with Gasteiger partial charge in [0.15, 0.2) is 0 Å². The number of hydrogen-bond donors (Lipinski definition) is 2. The van der Waals surface area contributed by atoms with Crippen molar-refractivity contribution in [1.82, 2.24) is 15.5 Å². The number of carbonyl (C=O) groups is 3. The average Bonchev–Trinajstić information content (AvgIpc) is 3.14. The van der Waals surface area contributed by atoms with Crippen molar-refractivity contribution >= 4 is 23.8 Å². The molecule has 2 heterocycles. The Balaban J connectivity index is 1.34. The van der Waals surface area contributed by atoms with Crippen LogP contribution < -0.4 is 10.6 Å². The van der Waals surface area contributed by atoms with Crippen LogP contribution in [0.3, 0.4) is 0 Å². The highest BCUT2D eigenvalue weighted by Gasteiger charge is 2.24. The van der Waals surface area contributed by atoms with Crippen LogP contribution in [0.5, 0.6) is 0 Å². The van der Waals surface area contributed by atoms with Gasteiger partial charge in [-0.1, -0.05) is 25.7 Å². The topological polar surface area (TPSA) is 91.7 Å². The van der Waals surface area contributed by atoms with Gasteiger partial charge in [0.1, 0.15) is 5.76 Å². The summed E-state index contributed by atoms with van der Waals surface area (Å²) in [5.41, 5.74) is 0. The fourth-order valence-electron chi connectivity index (χ4n) is 3.99. The molecule has 7 heteroatoms. The van der Waals surface area contributed by atoms with Crippen LogP contribution in [0.15, 0.2) is 28.9 Å². The van der Waals surface area contributed by atoms with E-state index in [9.17, 15) is 14.4 Å². The maximum atomic E-state index is 12.2. The summed E-state index contributed by atoms with van der Waals surface area (Å²) < 4.78 is 5.19. The smallest absolute Gasteiger partial charge is 0.309 e. The van der Waals surface area contributed by atoms with Gasteiger partial charge in [0.2, 0.25) is 5.91 Å². The minimum atomic E-state index is -0.547. The molecule has 1 saturated heterocycles. The van der Waals surface area contributed by atoms with E-state index in [1.165, 1.54) is 18.9 Å². The summed E-state index contributed by atoms with van der Waals surface area (Å²) in [6.07, 6.45) is 12.9. The van der Waals surface area contributed by atoms with Crippen molar-refractivity contribution in [2.24, 2.45) is 5.92 Å². The molecular formula is C22H31N3O4. The van der Waals surface area contributed by atoms with E-state index in [0.717, 1.165) is 38.5 Å². The molecule has 1 aromatic rings. The summed E-state index contributed by atoms with van der Waals surface area (Å²) in [4.78, 5) is 38.3. The van der Waals surface area contributed by atoms with Crippen molar-refractivity contribution in [2.75, 3.05) is 19.6 Å². The zero-order valence-corrected chi connectivity index (χ0v) is 16.9. The van der Waals surface area contributed by atoms with Crippen LogP contribution in [0.25, 0.3) is 6.08 Å². The molecule has 7 nitrogen and oxygen atoms in total. The van der Waals surface area contributed by atoms with Crippen molar-refractivity contribution in [3.8, 4) is 0 Å². The summed E-state index contributed by atoms with van der Waals surface area (Å²) in [5.74, 6) is -0.172. The van der Waals surface area contributed by atoms with Gasteiger partial charge in [-0.2, -0.15) is 0 Å². The normalized spacial score (nSPS) is 19.1. The molecule has 3 amide bonds. The van der Waals surface area contributed by atoms with Crippen molar-refractivity contribution in [3.63, 3.8) is 0 Å². The Hall–Kier alpha value is -2.57. The molecule has 0 aromatic carbocycles. The highest BCUT2D eigenvalue weighted by atomic mass is 16.3. The number of carbonyl (C=O) groups excluding carboxylic acids is 3. The monoisotopic (exact) mass is 401 g/mol. The molecule has 0 radical (unpaired) electrons. The number of nitrogens with one attached hydrogen (secondary N) is 2. The standard InChI is InChI=1S/C22H31N3O4/c26-20(10-9-19-8-5-15-29-19)25-13-11-17(12-14-25)16-23-21(27)22(28)24-18-6-3-1-2-4-7-18/h5,8-10,15,17-18H,1-4,6-7,11-14,16H2,(H,23,27)(H,24,28)/b10-9+. The molecule has 1 saturated carbocycles. The molecular weight excluding hydrogens is 370 g/mol. The molecule has 2 N–H and O–H groups in total. The lowest BCUT2D eigenvalue weighted by Gasteiger charge is -2.31. The van der Waals surface area contributed by atoms with Crippen LogP contribution in [-0.2, 0) is 14.4 Å². The Bertz CT molecular complexity index is 698. The summed E-state index contributed by atoms with van der Waals surface area (Å²) in [6, 6.07) is 3.70. The predicted octanol–water partition coefficient (Wildman–Crippen LogP) is 2.49. The van der Waals surface area contributed by atoms with Crippen LogP contribution in [0, 0.1) is 5.92 Å². The summed E-state index contributed by atoms with van der Waals surface area (Å²) >= 11 is 0. The van der Waals surface area contributed by atoms with Gasteiger partial charge in [0, 0.05) is 31.8 Å². The second kappa shape index (κ2) is 10.8. The van der Waals surface area contributed by atoms with Gasteiger partial charge < -0.3 is 20.0 Å². The van der Waals surface area contributed by atoms with Crippen LogP contribution in [-0.4, -0.2) is 48.3 Å². The predicted molar refractivity (Wildman–Crippen MR) is 110 cm³/mol. The van der Waals surface area contributed by atoms with E-state index in [-0.39, 0.29) is 17.9 Å². The van der Waals surface area contributed by atoms with Crippen LogP contribution in [0.1, 0.15) is 57.1 Å². The van der Waals surface area contributed by atoms with E-state index in [1.54, 1.807) is 29.4 Å². The number of piperidine rings is 1. The lowest BCUT2D eigenvalue weighted by Crippen LogP contribution is -2.47. The largest absolute Gasteiger partial charge is 0.465 e.